The summed E-state index contributed by atoms with van der Waals surface area (Å²) in [5, 5.41) is 3.27. The first kappa shape index (κ1) is 35.0. The third-order valence-corrected chi connectivity index (χ3v) is 11.9. The van der Waals surface area contributed by atoms with E-state index in [4.69, 9.17) is 1.37 Å². The summed E-state index contributed by atoms with van der Waals surface area (Å²) in [6, 6.07) is 34.3. The zero-order chi connectivity index (χ0) is 35.1. The van der Waals surface area contributed by atoms with Crippen LogP contribution in [0, 0.1) is 38.7 Å². The summed E-state index contributed by atoms with van der Waals surface area (Å²) in [6.07, 6.45) is 3.83. The van der Waals surface area contributed by atoms with Crippen LogP contribution in [-0.2, 0) is 20.1 Å². The molecule has 2 nitrogen and oxygen atoms in total. The van der Waals surface area contributed by atoms with Gasteiger partial charge in [0, 0.05) is 33.9 Å². The van der Waals surface area contributed by atoms with Crippen LogP contribution >= 0.6 is 11.3 Å². The number of hydrogen-bond donors (Lipinski definition) is 0. The molecule has 1 radical (unpaired) electrons. The Hall–Kier alpha value is -3.80. The summed E-state index contributed by atoms with van der Waals surface area (Å²) in [7, 11) is -1.50. The van der Waals surface area contributed by atoms with Gasteiger partial charge in [-0.2, -0.15) is 11.3 Å². The fourth-order valence-corrected chi connectivity index (χ4v) is 9.24. The number of rotatable bonds is 5. The van der Waals surface area contributed by atoms with E-state index in [2.05, 4.69) is 92.8 Å². The van der Waals surface area contributed by atoms with Gasteiger partial charge in [0.05, 0.1) is 12.8 Å². The van der Waals surface area contributed by atoms with Crippen molar-refractivity contribution in [2.75, 3.05) is 0 Å². The van der Waals surface area contributed by atoms with Gasteiger partial charge >= 0.3 is 0 Å². The molecule has 7 aromatic rings. The minimum atomic E-state index is -1.50. The average Bonchev–Trinajstić information content (AvgIpc) is 3.44. The third kappa shape index (κ3) is 7.68. The van der Waals surface area contributed by atoms with Gasteiger partial charge in [-0.05, 0) is 87.7 Å². The van der Waals surface area contributed by atoms with Gasteiger partial charge in [0.25, 0.3) is 0 Å². The second-order valence-corrected chi connectivity index (χ2v) is 19.7. The predicted molar refractivity (Wildman–Crippen MR) is 207 cm³/mol. The van der Waals surface area contributed by atoms with Gasteiger partial charge in [-0.3, -0.25) is 0 Å². The van der Waals surface area contributed by atoms with E-state index in [1.807, 2.05) is 68.7 Å². The van der Waals surface area contributed by atoms with Crippen LogP contribution in [0.1, 0.15) is 43.4 Å². The number of pyridine rings is 2. The van der Waals surface area contributed by atoms with E-state index in [0.717, 1.165) is 49.1 Å². The Kier molecular flexibility index (Phi) is 10.7. The number of halogens is 1. The smallest absolute Gasteiger partial charge is 0.140 e. The largest absolute Gasteiger partial charge is 0.305 e. The van der Waals surface area contributed by atoms with Crippen molar-refractivity contribution in [1.82, 2.24) is 9.97 Å². The monoisotopic (exact) mass is 858 g/mol. The molecular formula is C43H41FIrN2SSi-2. The molecule has 0 aliphatic rings. The summed E-state index contributed by atoms with van der Waals surface area (Å²) in [5.74, 6) is -0.788. The van der Waals surface area contributed by atoms with Crippen LogP contribution in [0.5, 0.6) is 0 Å². The van der Waals surface area contributed by atoms with Crippen LogP contribution in [0.3, 0.4) is 0 Å². The van der Waals surface area contributed by atoms with Crippen LogP contribution in [0.15, 0.2) is 97.3 Å². The van der Waals surface area contributed by atoms with Gasteiger partial charge in [-0.25, -0.2) is 4.39 Å². The first-order valence-corrected chi connectivity index (χ1v) is 20.6. The number of benzene rings is 4. The number of aromatic nitrogens is 2. The van der Waals surface area contributed by atoms with Crippen molar-refractivity contribution in [2.24, 2.45) is 0 Å². The van der Waals surface area contributed by atoms with Gasteiger partial charge < -0.3 is 9.97 Å². The van der Waals surface area contributed by atoms with Crippen molar-refractivity contribution in [2.45, 2.75) is 60.2 Å². The average molecular weight is 858 g/mol. The standard InChI is InChI=1S/C26H19FNS.C17H22NSi.Ir/c1-15-12-16(2)24(17(3)13-15)18-10-11-28-23(14-18)21-8-4-6-19-20-7-5-9-22(27)26(20)29-25(19)21;1-13(2)15-11-16(14-9-7-6-8-10-14)18-12-17(15)19(3,4)5;/h4-7,9-14H,1-3H3;6-9,11-13H,1-5H3;/q2*-1;/i;13D;. The topological polar surface area (TPSA) is 25.8 Å². The van der Waals surface area contributed by atoms with Crippen molar-refractivity contribution >= 4 is 44.8 Å². The van der Waals surface area contributed by atoms with Crippen LogP contribution in [0.25, 0.3) is 53.8 Å². The van der Waals surface area contributed by atoms with Crippen molar-refractivity contribution in [3.8, 4) is 33.6 Å². The van der Waals surface area contributed by atoms with E-state index in [9.17, 15) is 4.39 Å². The Morgan fingerprint density at radius 3 is 2.20 bits per heavy atom. The first-order valence-electron chi connectivity index (χ1n) is 16.8. The molecule has 0 aliphatic carbocycles. The SMILES string of the molecule is Cc1cc(C)c(-c2ccnc(-c3[c-]ccc4c3sc3c(F)cccc34)c2)c(C)c1.[2H]C(C)(C)c1cc(-c2[c-]cccc2)ncc1[Si](C)(C)C.[Ir]. The summed E-state index contributed by atoms with van der Waals surface area (Å²) in [5.41, 5.74) is 10.9. The molecule has 6 heteroatoms. The molecular weight excluding hydrogens is 816 g/mol. The molecule has 251 valence electrons. The molecule has 0 aliphatic heterocycles. The summed E-state index contributed by atoms with van der Waals surface area (Å²) in [4.78, 5) is 9.25. The van der Waals surface area contributed by atoms with Crippen molar-refractivity contribution in [3.63, 3.8) is 0 Å². The molecule has 7 rings (SSSR count). The van der Waals surface area contributed by atoms with Crippen LogP contribution < -0.4 is 5.19 Å². The van der Waals surface area contributed by atoms with Crippen molar-refractivity contribution in [1.29, 1.82) is 0 Å². The van der Waals surface area contributed by atoms with Crippen LogP contribution in [0.2, 0.25) is 19.6 Å². The minimum Gasteiger partial charge on any atom is -0.305 e. The van der Waals surface area contributed by atoms with Crippen molar-refractivity contribution < 1.29 is 25.9 Å². The quantitative estimate of drug-likeness (QED) is 0.127. The molecule has 3 heterocycles. The Balaban J connectivity index is 0.000000204. The summed E-state index contributed by atoms with van der Waals surface area (Å²) in [6.45, 7) is 17.2. The number of thiophene rings is 1. The number of nitrogens with zero attached hydrogens (tertiary/aromatic N) is 2. The van der Waals surface area contributed by atoms with Gasteiger partial charge in [0.2, 0.25) is 0 Å². The van der Waals surface area contributed by atoms with Gasteiger partial charge in [-0.1, -0.05) is 86.4 Å². The Bertz CT molecular complexity index is 2280. The molecule has 49 heavy (non-hydrogen) atoms. The van der Waals surface area contributed by atoms with Crippen molar-refractivity contribution in [3.05, 3.63) is 138 Å². The number of fused-ring (bicyclic) bond motifs is 3. The normalized spacial score (nSPS) is 11.9. The fraction of sp³-hybridized carbons (Fsp3) is 0.209. The van der Waals surface area contributed by atoms with E-state index in [-0.39, 0.29) is 25.9 Å². The maximum atomic E-state index is 14.4. The molecule has 0 saturated heterocycles. The Labute approximate surface area is 310 Å². The number of hydrogen-bond acceptors (Lipinski definition) is 3. The van der Waals surface area contributed by atoms with Crippen LogP contribution in [-0.4, -0.2) is 18.0 Å². The van der Waals surface area contributed by atoms with Gasteiger partial charge in [0.15, 0.2) is 0 Å². The zero-order valence-electron chi connectivity index (χ0n) is 30.3. The fourth-order valence-electron chi connectivity index (χ4n) is 6.44. The minimum absolute atomic E-state index is 0. The van der Waals surface area contributed by atoms with Crippen LogP contribution in [0.4, 0.5) is 4.39 Å². The predicted octanol–water partition coefficient (Wildman–Crippen LogP) is 11.9. The van der Waals surface area contributed by atoms with Gasteiger partial charge in [-0.15, -0.1) is 59.7 Å². The first-order chi connectivity index (χ1) is 23.2. The van der Waals surface area contributed by atoms with E-state index in [1.54, 1.807) is 6.07 Å². The Morgan fingerprint density at radius 2 is 1.53 bits per heavy atom. The molecule has 0 spiro atoms. The van der Waals surface area contributed by atoms with E-state index < -0.39 is 14.0 Å². The second-order valence-electron chi connectivity index (χ2n) is 13.7. The molecule has 0 unspecified atom stereocenters. The second kappa shape index (κ2) is 15.0. The maximum absolute atomic E-state index is 14.4. The molecule has 4 aromatic carbocycles. The summed E-state index contributed by atoms with van der Waals surface area (Å²) < 4.78 is 24.5. The molecule has 0 saturated carbocycles. The third-order valence-electron chi connectivity index (χ3n) is 8.63. The molecule has 0 N–H and O–H groups in total. The maximum Gasteiger partial charge on any atom is 0.140 e. The zero-order valence-corrected chi connectivity index (χ0v) is 33.5. The number of aryl methyl sites for hydroxylation is 3. The summed E-state index contributed by atoms with van der Waals surface area (Å²) >= 11 is 1.47. The molecule has 0 bridgehead atoms. The molecule has 0 atom stereocenters. The molecule has 3 aromatic heterocycles. The Morgan fingerprint density at radius 1 is 0.796 bits per heavy atom. The van der Waals surface area contributed by atoms with E-state index in [1.165, 1.54) is 44.8 Å². The molecule has 0 amide bonds. The molecule has 0 fully saturated rings. The van der Waals surface area contributed by atoms with Gasteiger partial charge in [0.1, 0.15) is 5.82 Å². The van der Waals surface area contributed by atoms with E-state index in [0.29, 0.717) is 4.70 Å². The van der Waals surface area contributed by atoms with E-state index >= 15 is 0 Å².